The van der Waals surface area contributed by atoms with Crippen LogP contribution in [0.15, 0.2) is 36.9 Å². The maximum absolute atomic E-state index is 4.21. The van der Waals surface area contributed by atoms with Gasteiger partial charge in [0.05, 0.1) is 10.4 Å². The third kappa shape index (κ3) is 3.72. The summed E-state index contributed by atoms with van der Waals surface area (Å²) in [6, 6.07) is 6.96. The Bertz CT molecular complexity index is 604. The van der Waals surface area contributed by atoms with Crippen LogP contribution in [-0.2, 0) is 13.0 Å². The molecular weight excluding hydrogens is 308 g/mol. The van der Waals surface area contributed by atoms with E-state index in [0.29, 0.717) is 0 Å². The van der Waals surface area contributed by atoms with Crippen molar-refractivity contribution in [1.29, 1.82) is 0 Å². The van der Waals surface area contributed by atoms with Crippen LogP contribution in [0.2, 0.25) is 0 Å². The molecule has 0 N–H and O–H groups in total. The third-order valence-electron chi connectivity index (χ3n) is 4.11. The zero-order valence-electron chi connectivity index (χ0n) is 13.6. The number of benzene rings is 1. The molecule has 1 aromatic heterocycles. The van der Waals surface area contributed by atoms with Gasteiger partial charge in [-0.2, -0.15) is 0 Å². The SMILES string of the molecule is CCC1CSC(Cc2cc(C)cc(C)c2)(Cn2ccnc2)S1. The Kier molecular flexibility index (Phi) is 4.88. The second-order valence-corrected chi connectivity index (χ2v) is 9.62. The van der Waals surface area contributed by atoms with Gasteiger partial charge >= 0.3 is 0 Å². The molecule has 1 fully saturated rings. The van der Waals surface area contributed by atoms with Gasteiger partial charge in [-0.1, -0.05) is 36.2 Å². The van der Waals surface area contributed by atoms with E-state index in [1.807, 2.05) is 12.5 Å². The normalized spacial score (nSPS) is 24.8. The number of aromatic nitrogens is 2. The van der Waals surface area contributed by atoms with Crippen LogP contribution in [0.25, 0.3) is 0 Å². The predicted molar refractivity (Wildman–Crippen MR) is 98.7 cm³/mol. The lowest BCUT2D eigenvalue weighted by Crippen LogP contribution is -2.27. The van der Waals surface area contributed by atoms with Gasteiger partial charge in [0.25, 0.3) is 0 Å². The van der Waals surface area contributed by atoms with Crippen molar-refractivity contribution in [3.63, 3.8) is 0 Å². The first-order valence-corrected chi connectivity index (χ1v) is 9.80. The average Bonchev–Trinajstić information content (AvgIpc) is 3.08. The molecule has 2 unspecified atom stereocenters. The summed E-state index contributed by atoms with van der Waals surface area (Å²) in [5.41, 5.74) is 4.20. The molecule has 118 valence electrons. The highest BCUT2D eigenvalue weighted by molar-refractivity contribution is 8.21. The molecule has 1 saturated heterocycles. The highest BCUT2D eigenvalue weighted by Gasteiger charge is 2.40. The van der Waals surface area contributed by atoms with Crippen LogP contribution >= 0.6 is 23.5 Å². The predicted octanol–water partition coefficient (Wildman–Crippen LogP) is 4.70. The molecule has 22 heavy (non-hydrogen) atoms. The number of nitrogens with zero attached hydrogens (tertiary/aromatic N) is 2. The van der Waals surface area contributed by atoms with Crippen LogP contribution in [0.5, 0.6) is 0 Å². The highest BCUT2D eigenvalue weighted by atomic mass is 32.2. The molecule has 0 bridgehead atoms. The van der Waals surface area contributed by atoms with Gasteiger partial charge in [0.2, 0.25) is 0 Å². The Hall–Kier alpha value is -0.870. The lowest BCUT2D eigenvalue weighted by molar-refractivity contribution is 0.624. The number of hydrogen-bond acceptors (Lipinski definition) is 3. The van der Waals surface area contributed by atoms with Gasteiger partial charge in [0.15, 0.2) is 0 Å². The van der Waals surface area contributed by atoms with Crippen molar-refractivity contribution >= 4 is 23.5 Å². The number of thioether (sulfide) groups is 2. The van der Waals surface area contributed by atoms with Crippen LogP contribution in [0.3, 0.4) is 0 Å². The molecular formula is C18H24N2S2. The maximum atomic E-state index is 4.21. The second kappa shape index (κ2) is 6.71. The smallest absolute Gasteiger partial charge is 0.0946 e. The van der Waals surface area contributed by atoms with Gasteiger partial charge in [-0.3, -0.25) is 0 Å². The molecule has 2 nitrogen and oxygen atoms in total. The topological polar surface area (TPSA) is 17.8 Å². The Balaban J connectivity index is 1.85. The van der Waals surface area contributed by atoms with E-state index in [-0.39, 0.29) is 4.08 Å². The molecule has 4 heteroatoms. The zero-order chi connectivity index (χ0) is 15.6. The monoisotopic (exact) mass is 332 g/mol. The molecule has 0 spiro atoms. The molecule has 2 heterocycles. The fourth-order valence-electron chi connectivity index (χ4n) is 3.19. The molecule has 2 aromatic rings. The minimum absolute atomic E-state index is 0.238. The van der Waals surface area contributed by atoms with E-state index in [4.69, 9.17) is 0 Å². The van der Waals surface area contributed by atoms with Crippen LogP contribution in [0.4, 0.5) is 0 Å². The number of imidazole rings is 1. The maximum Gasteiger partial charge on any atom is 0.0946 e. The summed E-state index contributed by atoms with van der Waals surface area (Å²) < 4.78 is 2.47. The van der Waals surface area contributed by atoms with E-state index < -0.39 is 0 Å². The van der Waals surface area contributed by atoms with E-state index >= 15 is 0 Å². The Morgan fingerprint density at radius 1 is 1.27 bits per heavy atom. The van der Waals surface area contributed by atoms with E-state index in [1.165, 1.54) is 28.9 Å². The summed E-state index contributed by atoms with van der Waals surface area (Å²) in [7, 11) is 0. The minimum Gasteiger partial charge on any atom is -0.335 e. The number of hydrogen-bond donors (Lipinski definition) is 0. The lowest BCUT2D eigenvalue weighted by Gasteiger charge is -2.29. The number of rotatable bonds is 5. The largest absolute Gasteiger partial charge is 0.335 e. The highest BCUT2D eigenvalue weighted by Crippen LogP contribution is 2.52. The van der Waals surface area contributed by atoms with Crippen molar-refractivity contribution in [1.82, 2.24) is 9.55 Å². The van der Waals surface area contributed by atoms with Crippen LogP contribution in [-0.4, -0.2) is 24.6 Å². The molecule has 0 radical (unpaired) electrons. The van der Waals surface area contributed by atoms with Gasteiger partial charge in [0, 0.05) is 29.9 Å². The van der Waals surface area contributed by atoms with Gasteiger partial charge in [-0.25, -0.2) is 4.98 Å². The van der Waals surface area contributed by atoms with E-state index in [0.717, 1.165) is 18.2 Å². The van der Waals surface area contributed by atoms with Crippen molar-refractivity contribution in [3.8, 4) is 0 Å². The minimum atomic E-state index is 0.238. The summed E-state index contributed by atoms with van der Waals surface area (Å²) in [6.07, 6.45) is 8.30. The summed E-state index contributed by atoms with van der Waals surface area (Å²) in [5, 5.41) is 0.777. The van der Waals surface area contributed by atoms with Gasteiger partial charge in [-0.05, 0) is 32.3 Å². The molecule has 1 aliphatic rings. The fraction of sp³-hybridized carbons (Fsp3) is 0.500. The van der Waals surface area contributed by atoms with Crippen LogP contribution in [0, 0.1) is 13.8 Å². The molecule has 0 saturated carbocycles. The standard InChI is InChI=1S/C18H24N2S2/c1-4-17-11-21-18(22-17,12-20-6-5-19-13-20)10-16-8-14(2)7-15(3)9-16/h5-9,13,17H,4,10-12H2,1-3H3. The summed E-state index contributed by atoms with van der Waals surface area (Å²) in [6.45, 7) is 7.74. The quantitative estimate of drug-likeness (QED) is 0.790. The van der Waals surface area contributed by atoms with Crippen LogP contribution in [0.1, 0.15) is 30.0 Å². The second-order valence-electron chi connectivity index (χ2n) is 6.28. The first-order chi connectivity index (χ1) is 10.6. The van der Waals surface area contributed by atoms with E-state index in [2.05, 4.69) is 78.2 Å². The van der Waals surface area contributed by atoms with Crippen molar-refractivity contribution in [2.24, 2.45) is 0 Å². The lowest BCUT2D eigenvalue weighted by atomic mass is 10.0. The van der Waals surface area contributed by atoms with Crippen molar-refractivity contribution < 1.29 is 0 Å². The van der Waals surface area contributed by atoms with Gasteiger partial charge in [-0.15, -0.1) is 23.5 Å². The molecule has 0 aliphatic carbocycles. The molecule has 2 atom stereocenters. The van der Waals surface area contributed by atoms with Gasteiger partial charge < -0.3 is 4.57 Å². The average molecular weight is 333 g/mol. The molecule has 3 rings (SSSR count). The number of aryl methyl sites for hydroxylation is 2. The molecule has 1 aromatic carbocycles. The first kappa shape index (κ1) is 16.0. The summed E-state index contributed by atoms with van der Waals surface area (Å²) in [5.74, 6) is 1.26. The van der Waals surface area contributed by atoms with Gasteiger partial charge in [0.1, 0.15) is 0 Å². The Labute approximate surface area is 142 Å². The van der Waals surface area contributed by atoms with Crippen molar-refractivity contribution in [2.75, 3.05) is 5.75 Å². The van der Waals surface area contributed by atoms with Crippen molar-refractivity contribution in [2.45, 2.75) is 49.5 Å². The van der Waals surface area contributed by atoms with E-state index in [1.54, 1.807) is 0 Å². The Morgan fingerprint density at radius 2 is 2.05 bits per heavy atom. The first-order valence-electron chi connectivity index (χ1n) is 7.93. The third-order valence-corrected chi connectivity index (χ3v) is 7.86. The van der Waals surface area contributed by atoms with Crippen LogP contribution < -0.4 is 0 Å². The fourth-order valence-corrected chi connectivity index (χ4v) is 7.03. The summed E-state index contributed by atoms with van der Waals surface area (Å²) >= 11 is 4.32. The van der Waals surface area contributed by atoms with E-state index in [9.17, 15) is 0 Å². The van der Waals surface area contributed by atoms with Crippen molar-refractivity contribution in [3.05, 3.63) is 53.6 Å². The Morgan fingerprint density at radius 3 is 2.64 bits per heavy atom. The molecule has 0 amide bonds. The zero-order valence-corrected chi connectivity index (χ0v) is 15.2. The summed E-state index contributed by atoms with van der Waals surface area (Å²) in [4.78, 5) is 4.21. The molecule has 1 aliphatic heterocycles.